The zero-order valence-electron chi connectivity index (χ0n) is 16.0. The summed E-state index contributed by atoms with van der Waals surface area (Å²) in [5.41, 5.74) is 1.36. The molecule has 2 unspecified atom stereocenters. The van der Waals surface area contributed by atoms with E-state index in [-0.39, 0.29) is 0 Å². The van der Waals surface area contributed by atoms with Crippen LogP contribution in [0.5, 0.6) is 5.75 Å². The number of rotatable bonds is 4. The largest absolute Gasteiger partial charge is 0.497 e. The van der Waals surface area contributed by atoms with Gasteiger partial charge in [-0.3, -0.25) is 9.89 Å². The van der Waals surface area contributed by atoms with Crippen molar-refractivity contribution in [3.63, 3.8) is 0 Å². The molecule has 1 heterocycles. The second-order valence-corrected chi connectivity index (χ2v) is 7.03. The molecule has 5 nitrogen and oxygen atoms in total. The summed E-state index contributed by atoms with van der Waals surface area (Å²) in [5.74, 6) is 2.47. The van der Waals surface area contributed by atoms with Gasteiger partial charge in [-0.25, -0.2) is 0 Å². The van der Waals surface area contributed by atoms with E-state index in [1.807, 2.05) is 28.2 Å². The molecule has 0 aliphatic carbocycles. The van der Waals surface area contributed by atoms with Crippen LogP contribution in [0.15, 0.2) is 29.3 Å². The summed E-state index contributed by atoms with van der Waals surface area (Å²) in [6.07, 6.45) is 2.46. The predicted molar refractivity (Wildman–Crippen MR) is 101 cm³/mol. The molecule has 0 radical (unpaired) electrons. The highest BCUT2D eigenvalue weighted by Gasteiger charge is 2.30. The van der Waals surface area contributed by atoms with E-state index >= 15 is 0 Å². The molecule has 5 heteroatoms. The van der Waals surface area contributed by atoms with E-state index in [0.29, 0.717) is 12.0 Å². The van der Waals surface area contributed by atoms with Gasteiger partial charge in [0.05, 0.1) is 7.11 Å². The fourth-order valence-corrected chi connectivity index (χ4v) is 3.66. The SMILES string of the molecule is COc1ccc(C2C(CN=C(N(C)C)N(C)C)CCCN2C)cc1. The molecule has 1 aromatic rings. The minimum Gasteiger partial charge on any atom is -0.497 e. The summed E-state index contributed by atoms with van der Waals surface area (Å²) in [4.78, 5) is 11.5. The molecule has 0 N–H and O–H groups in total. The van der Waals surface area contributed by atoms with Crippen molar-refractivity contribution in [2.75, 3.05) is 55.4 Å². The maximum Gasteiger partial charge on any atom is 0.195 e. The van der Waals surface area contributed by atoms with E-state index in [1.54, 1.807) is 7.11 Å². The number of ether oxygens (including phenoxy) is 1. The normalized spacial score (nSPS) is 21.2. The Kier molecular flexibility index (Phi) is 6.49. The van der Waals surface area contributed by atoms with Gasteiger partial charge in [0.1, 0.15) is 5.75 Å². The second-order valence-electron chi connectivity index (χ2n) is 7.03. The van der Waals surface area contributed by atoms with Gasteiger partial charge in [-0.15, -0.1) is 0 Å². The Hall–Kier alpha value is -1.75. The molecule has 0 bridgehead atoms. The smallest absolute Gasteiger partial charge is 0.195 e. The fraction of sp³-hybridized carbons (Fsp3) is 0.632. The van der Waals surface area contributed by atoms with E-state index in [4.69, 9.17) is 9.73 Å². The monoisotopic (exact) mass is 332 g/mol. The summed E-state index contributed by atoms with van der Waals surface area (Å²) in [5, 5.41) is 0. The van der Waals surface area contributed by atoms with Gasteiger partial charge >= 0.3 is 0 Å². The highest BCUT2D eigenvalue weighted by Crippen LogP contribution is 2.35. The minimum absolute atomic E-state index is 0.416. The van der Waals surface area contributed by atoms with E-state index in [0.717, 1.165) is 24.8 Å². The Morgan fingerprint density at radius 2 is 1.79 bits per heavy atom. The average molecular weight is 332 g/mol. The third-order valence-electron chi connectivity index (χ3n) is 4.73. The summed E-state index contributed by atoms with van der Waals surface area (Å²) in [7, 11) is 12.1. The van der Waals surface area contributed by atoms with Crippen LogP contribution in [0, 0.1) is 5.92 Å². The van der Waals surface area contributed by atoms with Gasteiger partial charge in [-0.05, 0) is 50.0 Å². The Morgan fingerprint density at radius 1 is 1.17 bits per heavy atom. The Morgan fingerprint density at radius 3 is 2.33 bits per heavy atom. The van der Waals surface area contributed by atoms with E-state index in [2.05, 4.69) is 46.0 Å². The maximum atomic E-state index is 5.30. The molecule has 0 amide bonds. The number of nitrogens with zero attached hydrogens (tertiary/aromatic N) is 4. The second kappa shape index (κ2) is 8.38. The lowest BCUT2D eigenvalue weighted by Crippen LogP contribution is -2.39. The van der Waals surface area contributed by atoms with Gasteiger partial charge < -0.3 is 14.5 Å². The van der Waals surface area contributed by atoms with Crippen LogP contribution in [-0.4, -0.2) is 76.1 Å². The predicted octanol–water partition coefficient (Wildman–Crippen LogP) is 2.56. The first-order valence-electron chi connectivity index (χ1n) is 8.67. The van der Waals surface area contributed by atoms with Gasteiger partial charge in [0.15, 0.2) is 5.96 Å². The standard InChI is InChI=1S/C19H32N4O/c1-21(2)19(22(3)4)20-14-16-8-7-13-23(5)18(16)15-9-11-17(24-6)12-10-15/h9-12,16,18H,7-8,13-14H2,1-6H3. The highest BCUT2D eigenvalue weighted by atomic mass is 16.5. The zero-order chi connectivity index (χ0) is 17.7. The molecule has 134 valence electrons. The molecule has 2 rings (SSSR count). The van der Waals surface area contributed by atoms with Gasteiger partial charge in [-0.1, -0.05) is 12.1 Å². The number of methoxy groups -OCH3 is 1. The lowest BCUT2D eigenvalue weighted by molar-refractivity contribution is 0.125. The van der Waals surface area contributed by atoms with Crippen molar-refractivity contribution < 1.29 is 4.74 Å². The van der Waals surface area contributed by atoms with Crippen molar-refractivity contribution in [3.05, 3.63) is 29.8 Å². The number of benzene rings is 1. The van der Waals surface area contributed by atoms with Crippen LogP contribution in [0.3, 0.4) is 0 Å². The van der Waals surface area contributed by atoms with Gasteiger partial charge in [-0.2, -0.15) is 0 Å². The van der Waals surface area contributed by atoms with Crippen LogP contribution >= 0.6 is 0 Å². The molecule has 0 spiro atoms. The average Bonchev–Trinajstić information content (AvgIpc) is 2.54. The Balaban J connectivity index is 2.20. The minimum atomic E-state index is 0.416. The zero-order valence-corrected chi connectivity index (χ0v) is 16.0. The summed E-state index contributed by atoms with van der Waals surface area (Å²) < 4.78 is 5.30. The fourth-order valence-electron chi connectivity index (χ4n) is 3.66. The topological polar surface area (TPSA) is 31.3 Å². The first-order valence-corrected chi connectivity index (χ1v) is 8.67. The first kappa shape index (κ1) is 18.6. The number of likely N-dealkylation sites (tertiary alicyclic amines) is 1. The van der Waals surface area contributed by atoms with Crippen molar-refractivity contribution in [2.45, 2.75) is 18.9 Å². The summed E-state index contributed by atoms with van der Waals surface area (Å²) in [6, 6.07) is 8.92. The molecule has 24 heavy (non-hydrogen) atoms. The molecule has 0 aromatic heterocycles. The van der Waals surface area contributed by atoms with Crippen molar-refractivity contribution in [1.82, 2.24) is 14.7 Å². The number of aliphatic imine (C=N–C) groups is 1. The van der Waals surface area contributed by atoms with E-state index in [9.17, 15) is 0 Å². The quantitative estimate of drug-likeness (QED) is 0.626. The van der Waals surface area contributed by atoms with Crippen molar-refractivity contribution in [2.24, 2.45) is 10.9 Å². The first-order chi connectivity index (χ1) is 11.4. The molecular weight excluding hydrogens is 300 g/mol. The third-order valence-corrected chi connectivity index (χ3v) is 4.73. The van der Waals surface area contributed by atoms with Crippen LogP contribution in [0.1, 0.15) is 24.4 Å². The van der Waals surface area contributed by atoms with Crippen LogP contribution < -0.4 is 4.74 Å². The van der Waals surface area contributed by atoms with E-state index in [1.165, 1.54) is 18.4 Å². The summed E-state index contributed by atoms with van der Waals surface area (Å²) >= 11 is 0. The third kappa shape index (κ3) is 4.41. The lowest BCUT2D eigenvalue weighted by Gasteiger charge is -2.39. The number of hydrogen-bond donors (Lipinski definition) is 0. The molecule has 2 atom stereocenters. The van der Waals surface area contributed by atoms with Gasteiger partial charge in [0, 0.05) is 40.8 Å². The van der Waals surface area contributed by atoms with Crippen LogP contribution in [0.2, 0.25) is 0 Å². The molecule has 0 saturated carbocycles. The highest BCUT2D eigenvalue weighted by molar-refractivity contribution is 5.79. The van der Waals surface area contributed by atoms with Crippen molar-refractivity contribution in [3.8, 4) is 5.75 Å². The number of piperidine rings is 1. The maximum absolute atomic E-state index is 5.30. The van der Waals surface area contributed by atoms with Crippen molar-refractivity contribution in [1.29, 1.82) is 0 Å². The van der Waals surface area contributed by atoms with Gasteiger partial charge in [0.2, 0.25) is 0 Å². The molecule has 1 aromatic carbocycles. The lowest BCUT2D eigenvalue weighted by atomic mass is 9.85. The number of hydrogen-bond acceptors (Lipinski definition) is 3. The molecular formula is C19H32N4O. The van der Waals surface area contributed by atoms with Crippen LogP contribution in [0.4, 0.5) is 0 Å². The van der Waals surface area contributed by atoms with E-state index < -0.39 is 0 Å². The molecule has 1 aliphatic heterocycles. The van der Waals surface area contributed by atoms with Crippen LogP contribution in [-0.2, 0) is 0 Å². The van der Waals surface area contributed by atoms with Gasteiger partial charge in [0.25, 0.3) is 0 Å². The summed E-state index contributed by atoms with van der Waals surface area (Å²) in [6.45, 7) is 2.00. The van der Waals surface area contributed by atoms with Crippen molar-refractivity contribution >= 4 is 5.96 Å². The number of guanidine groups is 1. The van der Waals surface area contributed by atoms with Crippen LogP contribution in [0.25, 0.3) is 0 Å². The Bertz CT molecular complexity index is 529. The molecule has 1 aliphatic rings. The molecule has 1 fully saturated rings. The Labute approximate surface area is 146 Å². The molecule has 1 saturated heterocycles.